The van der Waals surface area contributed by atoms with E-state index in [0.717, 1.165) is 54.8 Å². The highest BCUT2D eigenvalue weighted by molar-refractivity contribution is 5.48. The summed E-state index contributed by atoms with van der Waals surface area (Å²) in [4.78, 5) is 14.0. The number of aliphatic hydroxyl groups excluding tert-OH is 1. The van der Waals surface area contributed by atoms with Crippen LogP contribution in [0.1, 0.15) is 137 Å². The van der Waals surface area contributed by atoms with Crippen LogP contribution in [0.15, 0.2) is 0 Å². The van der Waals surface area contributed by atoms with Crippen molar-refractivity contribution >= 4 is 0 Å². The number of terminal acetylenes is 2. The van der Waals surface area contributed by atoms with Crippen LogP contribution in [0.25, 0.3) is 0 Å². The minimum Gasteiger partial charge on any atom is -0.393 e. The smallest absolute Gasteiger partial charge is 0.0591 e. The van der Waals surface area contributed by atoms with Gasteiger partial charge in [0, 0.05) is 88.7 Å². The van der Waals surface area contributed by atoms with Gasteiger partial charge in [0.1, 0.15) is 0 Å². The van der Waals surface area contributed by atoms with Gasteiger partial charge in [-0.2, -0.15) is 0 Å². The highest BCUT2D eigenvalue weighted by Crippen LogP contribution is 2.68. The molecule has 4 nitrogen and oxygen atoms in total. The first-order chi connectivity index (χ1) is 27.0. The molecule has 0 bridgehead atoms. The lowest BCUT2D eigenvalue weighted by Crippen LogP contribution is -2.54. The van der Waals surface area contributed by atoms with Crippen LogP contribution in [0, 0.1) is 211 Å². The quantitative estimate of drug-likeness (QED) is 0.279. The molecule has 0 unspecified atom stereocenters. The van der Waals surface area contributed by atoms with Crippen molar-refractivity contribution in [3.05, 3.63) is 9.93 Å². The fraction of sp³-hybridized carbons (Fsp3) is 0.500. The zero-order valence-corrected chi connectivity index (χ0v) is 33.2. The number of fused-ring (bicyclic) bond motifs is 5. The third-order valence-electron chi connectivity index (χ3n) is 12.1. The molecule has 0 aromatic heterocycles. The maximum atomic E-state index is 10.2. The summed E-state index contributed by atoms with van der Waals surface area (Å²) >= 11 is 0. The van der Waals surface area contributed by atoms with Gasteiger partial charge in [0.05, 0.1) is 11.7 Å². The van der Waals surface area contributed by atoms with Crippen molar-refractivity contribution in [3.8, 4) is 155 Å². The van der Waals surface area contributed by atoms with Crippen molar-refractivity contribution in [1.82, 2.24) is 0 Å². The van der Waals surface area contributed by atoms with Gasteiger partial charge >= 0.3 is 0 Å². The average molecular weight is 781 g/mol. The molecule has 4 aliphatic carbocycles. The van der Waals surface area contributed by atoms with Gasteiger partial charge in [0.15, 0.2) is 0 Å². The molecule has 0 aliphatic heterocycles. The standard InChI is InChI=1S/C26H46O2.C26H2.O2.22H2/c1-17(10-13-24(2,3)28)21-8-9-22-20-7-6-18-16-19(27)11-14-25(18,4)23(20)12-15-26(21,22)5;1-3-5-7-9-11-13-15-17-19-21-23-25-26-24-22-20-18-16-14-12-10-8-6-4-2;1-2;;;;;;;;;;;;;;;;;;;;;;/h17-23,27-28H,6-16H2,1-5H3;1-2H;;22*1H/t17-,18+,19+,20+,21-,22+,23+,25+,26-;;;;;;;;;;;;;;;;;;;;;;;;/m1......................../s1. The average Bonchev–Trinajstić information content (AvgIpc) is 3.54. The lowest BCUT2D eigenvalue weighted by molar-refractivity contribution is -0.129. The van der Waals surface area contributed by atoms with E-state index in [1.54, 1.807) is 0 Å². The topological polar surface area (TPSA) is 74.6 Å². The minimum absolute atomic E-state index is 0. The second kappa shape index (κ2) is 24.3. The summed E-state index contributed by atoms with van der Waals surface area (Å²) < 4.78 is 0. The van der Waals surface area contributed by atoms with Crippen molar-refractivity contribution in [2.24, 2.45) is 46.3 Å². The monoisotopic (exact) mass is 781 g/mol. The number of aliphatic hydroxyl groups is 2. The highest BCUT2D eigenvalue weighted by Gasteiger charge is 2.60. The molecule has 0 aromatic carbocycles. The predicted octanol–water partition coefficient (Wildman–Crippen LogP) is 12.0. The Morgan fingerprint density at radius 3 is 1.41 bits per heavy atom. The molecule has 9 atom stereocenters. The van der Waals surface area contributed by atoms with E-state index < -0.39 is 5.60 Å². The van der Waals surface area contributed by atoms with Gasteiger partial charge in [0.25, 0.3) is 0 Å². The van der Waals surface area contributed by atoms with Crippen LogP contribution in [-0.4, -0.2) is 21.9 Å². The molecule has 2 N–H and O–H groups in total. The second-order valence-corrected chi connectivity index (χ2v) is 15.7. The van der Waals surface area contributed by atoms with Gasteiger partial charge in [-0.15, -0.1) is 12.8 Å². The van der Waals surface area contributed by atoms with Gasteiger partial charge in [-0.1, -0.05) is 20.8 Å². The summed E-state index contributed by atoms with van der Waals surface area (Å²) in [6.07, 6.45) is 23.7. The Morgan fingerprint density at radius 2 is 1.00 bits per heavy atom. The molecule has 4 rings (SSSR count). The lowest BCUT2D eigenvalue weighted by atomic mass is 9.44. The molecule has 0 radical (unpaired) electrons. The van der Waals surface area contributed by atoms with Crippen LogP contribution in [0.4, 0.5) is 0 Å². The first-order valence-electron chi connectivity index (χ1n) is 18.9. The molecular formula is C52H92O4. The number of hydrogen-bond donors (Lipinski definition) is 2. The molecule has 0 aromatic rings. The Labute approximate surface area is 370 Å². The fourth-order valence-electron chi connectivity index (χ4n) is 9.69. The molecule has 56 heavy (non-hydrogen) atoms. The Balaban J connectivity index is -0.0000000334. The summed E-state index contributed by atoms with van der Waals surface area (Å²) in [7, 11) is 0. The van der Waals surface area contributed by atoms with Crippen LogP contribution in [-0.2, 0) is 0 Å². The number of rotatable bonds is 4. The second-order valence-electron chi connectivity index (χ2n) is 15.7. The van der Waals surface area contributed by atoms with Crippen LogP contribution < -0.4 is 0 Å². The molecule has 0 amide bonds. The van der Waals surface area contributed by atoms with Gasteiger partial charge in [0.2, 0.25) is 0 Å². The molecule has 0 saturated heterocycles. The zero-order chi connectivity index (χ0) is 41.3. The van der Waals surface area contributed by atoms with Crippen LogP contribution in [0.5, 0.6) is 0 Å². The highest BCUT2D eigenvalue weighted by atomic mass is 16.7. The summed E-state index contributed by atoms with van der Waals surface area (Å²) in [6, 6.07) is 0. The Hall–Kier alpha value is -6.20. The largest absolute Gasteiger partial charge is 0.393 e. The molecular weight excluding hydrogens is 689 g/mol. The van der Waals surface area contributed by atoms with Crippen molar-refractivity contribution in [3.63, 3.8) is 0 Å². The predicted molar refractivity (Wildman–Crippen MR) is 272 cm³/mol. The van der Waals surface area contributed by atoms with Gasteiger partial charge < -0.3 is 10.2 Å². The van der Waals surface area contributed by atoms with Gasteiger partial charge in [-0.25, -0.2) is 0 Å². The normalized spacial score (nSPS) is 26.7. The Morgan fingerprint density at radius 1 is 0.607 bits per heavy atom. The molecule has 324 valence electrons. The van der Waals surface area contributed by atoms with E-state index in [2.05, 4.69) is 163 Å². The first kappa shape index (κ1) is 46.0. The SMILES string of the molecule is C#CC#CC#CC#CC#CC#CC#CC#CC#CC#CC#CC#CC#C.C[C@H](CCC(C)(C)O)[C@H]1CC[C@H]2[C@@H]3CC[C@H]4C[C@@H](O)CC[C@]4(C)[C@H]3CC[C@]12C.O=O.[HH].[HH].[HH].[HH].[HH].[HH].[HH].[HH].[HH].[HH].[HH].[HH].[HH].[HH].[HH].[HH].[HH].[HH].[HH].[HH].[HH].[HH]. The van der Waals surface area contributed by atoms with E-state index in [4.69, 9.17) is 22.8 Å². The third-order valence-corrected chi connectivity index (χ3v) is 12.1. The third kappa shape index (κ3) is 14.6. The van der Waals surface area contributed by atoms with E-state index in [1.165, 1.54) is 51.4 Å². The van der Waals surface area contributed by atoms with Crippen molar-refractivity contribution in [2.75, 3.05) is 0 Å². The Kier molecular flexibility index (Phi) is 19.9. The van der Waals surface area contributed by atoms with E-state index >= 15 is 0 Å². The van der Waals surface area contributed by atoms with Gasteiger partial charge in [-0.05, 0) is 226 Å². The van der Waals surface area contributed by atoms with E-state index in [9.17, 15) is 10.2 Å². The van der Waals surface area contributed by atoms with Crippen LogP contribution in [0.2, 0.25) is 0 Å². The summed E-state index contributed by atoms with van der Waals surface area (Å²) in [5.74, 6) is 63.3. The lowest BCUT2D eigenvalue weighted by Gasteiger charge is -2.61. The molecule has 0 spiro atoms. The molecule has 4 heteroatoms. The molecule has 4 fully saturated rings. The van der Waals surface area contributed by atoms with E-state index in [0.29, 0.717) is 10.8 Å². The summed E-state index contributed by atoms with van der Waals surface area (Å²) in [6.45, 7) is 11.6. The fourth-order valence-corrected chi connectivity index (χ4v) is 9.69. The van der Waals surface area contributed by atoms with Crippen molar-refractivity contribution < 1.29 is 41.6 Å². The molecule has 4 saturated carbocycles. The Bertz CT molecular complexity index is 2170. The van der Waals surface area contributed by atoms with E-state index in [-0.39, 0.29) is 37.5 Å². The zero-order valence-electron chi connectivity index (χ0n) is 33.2. The van der Waals surface area contributed by atoms with Crippen molar-refractivity contribution in [1.29, 1.82) is 0 Å². The maximum absolute atomic E-state index is 10.2. The van der Waals surface area contributed by atoms with Gasteiger partial charge in [-0.3, -0.25) is 0 Å². The summed E-state index contributed by atoms with van der Waals surface area (Å²) in [5.41, 5.74) is 0.495. The first-order valence-corrected chi connectivity index (χ1v) is 18.9. The van der Waals surface area contributed by atoms with Crippen molar-refractivity contribution in [2.45, 2.75) is 117 Å². The number of hydrogen-bond acceptors (Lipinski definition) is 4. The summed E-state index contributed by atoms with van der Waals surface area (Å²) in [5, 5.41) is 20.4. The van der Waals surface area contributed by atoms with Crippen LogP contribution in [0.3, 0.4) is 0 Å². The minimum atomic E-state index is -0.524. The molecule has 4 aliphatic rings. The van der Waals surface area contributed by atoms with E-state index in [1.807, 2.05) is 13.8 Å². The van der Waals surface area contributed by atoms with Crippen LogP contribution >= 0.6 is 0 Å². The molecule has 0 heterocycles. The maximum Gasteiger partial charge on any atom is 0.0591 e.